The molecule has 8 heteroatoms. The lowest BCUT2D eigenvalue weighted by atomic mass is 9.99. The fraction of sp³-hybridized carbons (Fsp3) is 0.417. The molecule has 0 aromatic heterocycles. The summed E-state index contributed by atoms with van der Waals surface area (Å²) in [5, 5.41) is 0. The third-order valence-electron chi connectivity index (χ3n) is 5.62. The molecule has 0 atom stereocenters. The maximum Gasteiger partial charge on any atom is 0.338 e. The molecule has 0 bridgehead atoms. The Morgan fingerprint density at radius 1 is 1.00 bits per heavy atom. The highest BCUT2D eigenvalue weighted by Gasteiger charge is 2.25. The van der Waals surface area contributed by atoms with E-state index in [1.54, 1.807) is 19.2 Å². The van der Waals surface area contributed by atoms with E-state index in [1.807, 2.05) is 18.2 Å². The zero-order chi connectivity index (χ0) is 22.5. The average Bonchev–Trinajstić information content (AvgIpc) is 3.21. The van der Waals surface area contributed by atoms with Gasteiger partial charge in [-0.25, -0.2) is 4.79 Å². The summed E-state index contributed by atoms with van der Waals surface area (Å²) < 4.78 is 32.8. The molecule has 2 aliphatic heterocycles. The number of ether oxygens (including phenoxy) is 6. The first-order valence-corrected chi connectivity index (χ1v) is 10.5. The van der Waals surface area contributed by atoms with Crippen molar-refractivity contribution in [1.29, 1.82) is 0 Å². The molecule has 170 valence electrons. The van der Waals surface area contributed by atoms with Gasteiger partial charge in [-0.3, -0.25) is 4.79 Å². The minimum atomic E-state index is -0.318. The Morgan fingerprint density at radius 3 is 2.53 bits per heavy atom. The Hall–Kier alpha value is -3.26. The van der Waals surface area contributed by atoms with E-state index in [-0.39, 0.29) is 37.7 Å². The van der Waals surface area contributed by atoms with Gasteiger partial charge in [0.05, 0.1) is 25.7 Å². The van der Waals surface area contributed by atoms with Crippen LogP contribution >= 0.6 is 0 Å². The van der Waals surface area contributed by atoms with Crippen LogP contribution in [0.15, 0.2) is 30.3 Å². The highest BCUT2D eigenvalue weighted by Crippen LogP contribution is 2.45. The van der Waals surface area contributed by atoms with Crippen LogP contribution in [0.2, 0.25) is 0 Å². The number of benzene rings is 2. The maximum absolute atomic E-state index is 12.2. The summed E-state index contributed by atoms with van der Waals surface area (Å²) in [6.45, 7) is 1.67. The van der Waals surface area contributed by atoms with Crippen LogP contribution in [0, 0.1) is 5.92 Å². The molecule has 0 spiro atoms. The molecule has 2 heterocycles. The monoisotopic (exact) mass is 442 g/mol. The Labute approximate surface area is 186 Å². The topological polar surface area (TPSA) is 89.5 Å². The lowest BCUT2D eigenvalue weighted by molar-refractivity contribution is -0.152. The minimum Gasteiger partial charge on any atom is -0.493 e. The number of esters is 2. The lowest BCUT2D eigenvalue weighted by Gasteiger charge is -2.21. The zero-order valence-electron chi connectivity index (χ0n) is 18.2. The number of fused-ring (bicyclic) bond motifs is 1. The van der Waals surface area contributed by atoms with E-state index < -0.39 is 0 Å². The molecule has 0 unspecified atom stereocenters. The van der Waals surface area contributed by atoms with Gasteiger partial charge in [0, 0.05) is 24.3 Å². The summed E-state index contributed by atoms with van der Waals surface area (Å²) in [5.74, 6) is 0.763. The summed E-state index contributed by atoms with van der Waals surface area (Å²) in [7, 11) is 3.09. The molecule has 1 saturated heterocycles. The van der Waals surface area contributed by atoms with Gasteiger partial charge in [0.1, 0.15) is 19.8 Å². The van der Waals surface area contributed by atoms with Crippen molar-refractivity contribution in [3.63, 3.8) is 0 Å². The fourth-order valence-corrected chi connectivity index (χ4v) is 3.91. The Bertz CT molecular complexity index is 994. The quantitative estimate of drug-likeness (QED) is 0.454. The first-order valence-electron chi connectivity index (χ1n) is 10.5. The smallest absolute Gasteiger partial charge is 0.338 e. The van der Waals surface area contributed by atoms with Crippen LogP contribution in [0.5, 0.6) is 17.2 Å². The Morgan fingerprint density at radius 2 is 1.78 bits per heavy atom. The SMILES string of the molecule is COc1ccc(-c2ccc3c(c2)COC3=O)c(OCCOC(=O)C2CCOCC2)c1OC. The van der Waals surface area contributed by atoms with E-state index in [2.05, 4.69) is 0 Å². The van der Waals surface area contributed by atoms with Crippen LogP contribution in [0.25, 0.3) is 11.1 Å². The molecule has 0 radical (unpaired) electrons. The van der Waals surface area contributed by atoms with E-state index in [9.17, 15) is 9.59 Å². The maximum atomic E-state index is 12.2. The molecular weight excluding hydrogens is 416 g/mol. The molecule has 0 N–H and O–H groups in total. The highest BCUT2D eigenvalue weighted by atomic mass is 16.6. The van der Waals surface area contributed by atoms with Crippen molar-refractivity contribution in [2.75, 3.05) is 40.6 Å². The lowest BCUT2D eigenvalue weighted by Crippen LogP contribution is -2.26. The summed E-state index contributed by atoms with van der Waals surface area (Å²) in [4.78, 5) is 24.0. The van der Waals surface area contributed by atoms with Crippen LogP contribution in [0.3, 0.4) is 0 Å². The van der Waals surface area contributed by atoms with Crippen molar-refractivity contribution in [2.24, 2.45) is 5.92 Å². The molecule has 8 nitrogen and oxygen atoms in total. The normalized spacial score (nSPS) is 15.6. The third kappa shape index (κ3) is 4.50. The van der Waals surface area contributed by atoms with Crippen molar-refractivity contribution in [2.45, 2.75) is 19.4 Å². The number of carbonyl (C=O) groups is 2. The molecule has 32 heavy (non-hydrogen) atoms. The predicted molar refractivity (Wildman–Crippen MR) is 114 cm³/mol. The summed E-state index contributed by atoms with van der Waals surface area (Å²) in [6.07, 6.45) is 1.36. The number of rotatable bonds is 8. The largest absolute Gasteiger partial charge is 0.493 e. The van der Waals surface area contributed by atoms with Crippen LogP contribution in [-0.2, 0) is 25.6 Å². The Balaban J connectivity index is 1.52. The molecule has 1 fully saturated rings. The van der Waals surface area contributed by atoms with Gasteiger partial charge in [0.2, 0.25) is 5.75 Å². The molecule has 2 aromatic carbocycles. The van der Waals surface area contributed by atoms with E-state index in [0.717, 1.165) is 16.7 Å². The molecule has 0 amide bonds. The van der Waals surface area contributed by atoms with Gasteiger partial charge in [-0.15, -0.1) is 0 Å². The molecule has 2 aliphatic rings. The second kappa shape index (κ2) is 9.91. The van der Waals surface area contributed by atoms with Crippen molar-refractivity contribution >= 4 is 11.9 Å². The molecular formula is C24H26O8. The van der Waals surface area contributed by atoms with E-state index in [0.29, 0.717) is 48.9 Å². The van der Waals surface area contributed by atoms with Crippen LogP contribution in [-0.4, -0.2) is 52.6 Å². The molecule has 0 aliphatic carbocycles. The summed E-state index contributed by atoms with van der Waals surface area (Å²) >= 11 is 0. The average molecular weight is 442 g/mol. The van der Waals surface area contributed by atoms with Crippen LogP contribution in [0.1, 0.15) is 28.8 Å². The number of hydrogen-bond acceptors (Lipinski definition) is 8. The summed E-state index contributed by atoms with van der Waals surface area (Å²) in [6, 6.07) is 9.14. The first-order chi connectivity index (χ1) is 15.6. The second-order valence-corrected chi connectivity index (χ2v) is 7.53. The highest BCUT2D eigenvalue weighted by molar-refractivity contribution is 5.94. The van der Waals surface area contributed by atoms with Gasteiger partial charge in [0.25, 0.3) is 0 Å². The van der Waals surface area contributed by atoms with Gasteiger partial charge in [-0.1, -0.05) is 6.07 Å². The standard InChI is InChI=1S/C24H26O8/c1-27-20-6-5-18(16-3-4-19-17(13-16)14-32-24(19)26)21(22(20)28-2)30-11-12-31-23(25)15-7-9-29-10-8-15/h3-6,13,15H,7-12,14H2,1-2H3. The fourth-order valence-electron chi connectivity index (χ4n) is 3.91. The zero-order valence-corrected chi connectivity index (χ0v) is 18.2. The van der Waals surface area contributed by atoms with Gasteiger partial charge in [-0.2, -0.15) is 0 Å². The number of carbonyl (C=O) groups excluding carboxylic acids is 2. The summed E-state index contributed by atoms with van der Waals surface area (Å²) in [5.41, 5.74) is 2.99. The number of methoxy groups -OCH3 is 2. The second-order valence-electron chi connectivity index (χ2n) is 7.53. The minimum absolute atomic E-state index is 0.114. The predicted octanol–water partition coefficient (Wildman–Crippen LogP) is 3.39. The van der Waals surface area contributed by atoms with Crippen LogP contribution < -0.4 is 14.2 Å². The van der Waals surface area contributed by atoms with Crippen molar-refractivity contribution in [3.05, 3.63) is 41.5 Å². The number of hydrogen-bond donors (Lipinski definition) is 0. The van der Waals surface area contributed by atoms with Crippen molar-refractivity contribution in [3.8, 4) is 28.4 Å². The van der Waals surface area contributed by atoms with Crippen LogP contribution in [0.4, 0.5) is 0 Å². The van der Waals surface area contributed by atoms with E-state index in [1.165, 1.54) is 7.11 Å². The Kier molecular flexibility index (Phi) is 6.80. The van der Waals surface area contributed by atoms with Crippen molar-refractivity contribution in [1.82, 2.24) is 0 Å². The van der Waals surface area contributed by atoms with Gasteiger partial charge in [-0.05, 0) is 42.7 Å². The van der Waals surface area contributed by atoms with E-state index >= 15 is 0 Å². The third-order valence-corrected chi connectivity index (χ3v) is 5.62. The van der Waals surface area contributed by atoms with Crippen molar-refractivity contribution < 1.29 is 38.0 Å². The first kappa shape index (κ1) is 22.0. The number of cyclic esters (lactones) is 1. The van der Waals surface area contributed by atoms with Gasteiger partial charge >= 0.3 is 11.9 Å². The molecule has 0 saturated carbocycles. The van der Waals surface area contributed by atoms with Gasteiger partial charge in [0.15, 0.2) is 11.5 Å². The molecule has 4 rings (SSSR count). The molecule has 2 aromatic rings. The van der Waals surface area contributed by atoms with E-state index in [4.69, 9.17) is 28.4 Å². The van der Waals surface area contributed by atoms with Gasteiger partial charge < -0.3 is 28.4 Å².